The lowest BCUT2D eigenvalue weighted by Gasteiger charge is -2.09. The van der Waals surface area contributed by atoms with Gasteiger partial charge in [-0.25, -0.2) is 0 Å². The van der Waals surface area contributed by atoms with E-state index in [4.69, 9.17) is 16.3 Å². The van der Waals surface area contributed by atoms with Crippen LogP contribution in [0.4, 0.5) is 5.69 Å². The quantitative estimate of drug-likeness (QED) is 0.884. The smallest absolute Gasteiger partial charge is 0.120 e. The second-order valence-electron chi connectivity index (χ2n) is 3.86. The van der Waals surface area contributed by atoms with Crippen LogP contribution in [0.25, 0.3) is 0 Å². The number of anilines is 1. The van der Waals surface area contributed by atoms with Gasteiger partial charge in [0.2, 0.25) is 0 Å². The van der Waals surface area contributed by atoms with Gasteiger partial charge in [-0.3, -0.25) is 0 Å². The molecular formula is C14H14ClNO2. The van der Waals surface area contributed by atoms with Crippen molar-refractivity contribution in [2.24, 2.45) is 0 Å². The third-order valence-corrected chi connectivity index (χ3v) is 2.87. The van der Waals surface area contributed by atoms with E-state index in [1.807, 2.05) is 24.3 Å². The number of aromatic hydroxyl groups is 1. The summed E-state index contributed by atoms with van der Waals surface area (Å²) in [6.07, 6.45) is 0. The van der Waals surface area contributed by atoms with Crippen LogP contribution in [0, 0.1) is 0 Å². The zero-order valence-corrected chi connectivity index (χ0v) is 10.7. The predicted octanol–water partition coefficient (Wildman–Crippen LogP) is 3.67. The Bertz CT molecular complexity index is 526. The van der Waals surface area contributed by atoms with Crippen molar-refractivity contribution < 1.29 is 9.84 Å². The Labute approximate surface area is 111 Å². The summed E-state index contributed by atoms with van der Waals surface area (Å²) in [7, 11) is 1.60. The van der Waals surface area contributed by atoms with Crippen LogP contribution in [0.1, 0.15) is 5.56 Å². The van der Waals surface area contributed by atoms with Crippen molar-refractivity contribution in [3.8, 4) is 11.5 Å². The average molecular weight is 264 g/mol. The Hall–Kier alpha value is -1.87. The van der Waals surface area contributed by atoms with Crippen LogP contribution in [-0.2, 0) is 6.54 Å². The van der Waals surface area contributed by atoms with E-state index in [9.17, 15) is 5.11 Å². The van der Waals surface area contributed by atoms with Crippen molar-refractivity contribution in [1.82, 2.24) is 0 Å². The molecule has 2 aromatic carbocycles. The van der Waals surface area contributed by atoms with Crippen LogP contribution in [0.15, 0.2) is 42.5 Å². The number of hydrogen-bond acceptors (Lipinski definition) is 3. The van der Waals surface area contributed by atoms with E-state index in [0.29, 0.717) is 11.6 Å². The van der Waals surface area contributed by atoms with E-state index in [1.165, 1.54) is 0 Å². The molecule has 0 aliphatic rings. The maximum atomic E-state index is 9.74. The summed E-state index contributed by atoms with van der Waals surface area (Å²) in [4.78, 5) is 0. The number of benzene rings is 2. The summed E-state index contributed by atoms with van der Waals surface area (Å²) in [5, 5.41) is 13.6. The summed E-state index contributed by atoms with van der Waals surface area (Å²) >= 11 is 5.81. The number of phenols is 1. The minimum atomic E-state index is 0.247. The molecule has 0 atom stereocenters. The third kappa shape index (κ3) is 3.08. The second kappa shape index (κ2) is 5.65. The Kier molecular flexibility index (Phi) is 3.95. The highest BCUT2D eigenvalue weighted by Crippen LogP contribution is 2.24. The van der Waals surface area contributed by atoms with Gasteiger partial charge in [-0.2, -0.15) is 0 Å². The van der Waals surface area contributed by atoms with Gasteiger partial charge in [0.05, 0.1) is 7.11 Å². The highest BCUT2D eigenvalue weighted by molar-refractivity contribution is 6.30. The summed E-state index contributed by atoms with van der Waals surface area (Å²) in [6, 6.07) is 12.6. The van der Waals surface area contributed by atoms with Gasteiger partial charge in [-0.05, 0) is 42.5 Å². The molecule has 0 amide bonds. The SMILES string of the molecule is COc1ccc(O)c(CNc2ccc(Cl)cc2)c1. The Balaban J connectivity index is 2.07. The Morgan fingerprint density at radius 1 is 1.17 bits per heavy atom. The van der Waals surface area contributed by atoms with Gasteiger partial charge in [0.15, 0.2) is 0 Å². The minimum Gasteiger partial charge on any atom is -0.508 e. The summed E-state index contributed by atoms with van der Waals surface area (Å²) in [5.74, 6) is 0.970. The largest absolute Gasteiger partial charge is 0.508 e. The Morgan fingerprint density at radius 2 is 1.89 bits per heavy atom. The van der Waals surface area contributed by atoms with Gasteiger partial charge >= 0.3 is 0 Å². The molecule has 0 fully saturated rings. The van der Waals surface area contributed by atoms with Crippen LogP contribution >= 0.6 is 11.6 Å². The number of rotatable bonds is 4. The fourth-order valence-corrected chi connectivity index (χ4v) is 1.72. The van der Waals surface area contributed by atoms with Crippen molar-refractivity contribution in [3.63, 3.8) is 0 Å². The van der Waals surface area contributed by atoms with E-state index in [-0.39, 0.29) is 5.75 Å². The number of nitrogens with one attached hydrogen (secondary N) is 1. The zero-order chi connectivity index (χ0) is 13.0. The Morgan fingerprint density at radius 3 is 2.56 bits per heavy atom. The molecule has 0 aromatic heterocycles. The van der Waals surface area contributed by atoms with Gasteiger partial charge in [0.1, 0.15) is 11.5 Å². The van der Waals surface area contributed by atoms with Crippen LogP contribution < -0.4 is 10.1 Å². The molecule has 2 rings (SSSR count). The first-order valence-electron chi connectivity index (χ1n) is 5.54. The molecule has 0 aliphatic heterocycles. The van der Waals surface area contributed by atoms with Gasteiger partial charge in [0.25, 0.3) is 0 Å². The number of hydrogen-bond donors (Lipinski definition) is 2. The van der Waals surface area contributed by atoms with E-state index < -0.39 is 0 Å². The van der Waals surface area contributed by atoms with Crippen molar-refractivity contribution in [1.29, 1.82) is 0 Å². The molecule has 2 N–H and O–H groups in total. The lowest BCUT2D eigenvalue weighted by atomic mass is 10.2. The van der Waals surface area contributed by atoms with Crippen LogP contribution in [-0.4, -0.2) is 12.2 Å². The first-order chi connectivity index (χ1) is 8.69. The molecule has 0 unspecified atom stereocenters. The molecule has 0 spiro atoms. The molecular weight excluding hydrogens is 250 g/mol. The third-order valence-electron chi connectivity index (χ3n) is 2.61. The molecule has 0 saturated heterocycles. The lowest BCUT2D eigenvalue weighted by Crippen LogP contribution is -2.00. The summed E-state index contributed by atoms with van der Waals surface area (Å²) < 4.78 is 5.12. The van der Waals surface area contributed by atoms with E-state index >= 15 is 0 Å². The van der Waals surface area contributed by atoms with Gasteiger partial charge in [0, 0.05) is 22.8 Å². The molecule has 0 aliphatic carbocycles. The number of halogens is 1. The number of phenolic OH excluding ortho intramolecular Hbond substituents is 1. The molecule has 0 saturated carbocycles. The zero-order valence-electron chi connectivity index (χ0n) is 9.98. The molecule has 94 valence electrons. The molecule has 0 heterocycles. The first-order valence-corrected chi connectivity index (χ1v) is 5.92. The van der Waals surface area contributed by atoms with Crippen molar-refractivity contribution >= 4 is 17.3 Å². The molecule has 2 aromatic rings. The van der Waals surface area contributed by atoms with Crippen LogP contribution in [0.2, 0.25) is 5.02 Å². The highest BCUT2D eigenvalue weighted by atomic mass is 35.5. The molecule has 0 radical (unpaired) electrons. The van der Waals surface area contributed by atoms with E-state index in [0.717, 1.165) is 17.0 Å². The topological polar surface area (TPSA) is 41.5 Å². The number of methoxy groups -OCH3 is 1. The minimum absolute atomic E-state index is 0.247. The van der Waals surface area contributed by atoms with E-state index in [2.05, 4.69) is 5.32 Å². The summed E-state index contributed by atoms with van der Waals surface area (Å²) in [6.45, 7) is 0.519. The molecule has 18 heavy (non-hydrogen) atoms. The average Bonchev–Trinajstić information content (AvgIpc) is 2.40. The normalized spacial score (nSPS) is 10.1. The molecule has 0 bridgehead atoms. The maximum Gasteiger partial charge on any atom is 0.120 e. The summed E-state index contributed by atoms with van der Waals surface area (Å²) in [5.41, 5.74) is 1.73. The molecule has 4 heteroatoms. The van der Waals surface area contributed by atoms with Crippen LogP contribution in [0.5, 0.6) is 11.5 Å². The first kappa shape index (κ1) is 12.6. The maximum absolute atomic E-state index is 9.74. The van der Waals surface area contributed by atoms with Gasteiger partial charge in [-0.1, -0.05) is 11.6 Å². The van der Waals surface area contributed by atoms with Crippen molar-refractivity contribution in [2.45, 2.75) is 6.54 Å². The van der Waals surface area contributed by atoms with E-state index in [1.54, 1.807) is 25.3 Å². The van der Waals surface area contributed by atoms with Crippen LogP contribution in [0.3, 0.4) is 0 Å². The second-order valence-corrected chi connectivity index (χ2v) is 4.29. The number of ether oxygens (including phenoxy) is 1. The highest BCUT2D eigenvalue weighted by Gasteiger charge is 2.03. The van der Waals surface area contributed by atoms with Gasteiger partial charge in [-0.15, -0.1) is 0 Å². The van der Waals surface area contributed by atoms with Crippen molar-refractivity contribution in [2.75, 3.05) is 12.4 Å². The lowest BCUT2D eigenvalue weighted by molar-refractivity contribution is 0.411. The fraction of sp³-hybridized carbons (Fsp3) is 0.143. The molecule has 3 nitrogen and oxygen atoms in total. The van der Waals surface area contributed by atoms with Gasteiger partial charge < -0.3 is 15.2 Å². The van der Waals surface area contributed by atoms with Crippen molar-refractivity contribution in [3.05, 3.63) is 53.1 Å². The monoisotopic (exact) mass is 263 g/mol. The fourth-order valence-electron chi connectivity index (χ4n) is 1.60. The predicted molar refractivity (Wildman–Crippen MR) is 73.4 cm³/mol. The standard InChI is InChI=1S/C14H14ClNO2/c1-18-13-6-7-14(17)10(8-13)9-16-12-4-2-11(15)3-5-12/h2-8,16-17H,9H2,1H3.